The van der Waals surface area contributed by atoms with E-state index in [9.17, 15) is 4.79 Å². The van der Waals surface area contributed by atoms with Crippen LogP contribution in [0.3, 0.4) is 0 Å². The van der Waals surface area contributed by atoms with E-state index < -0.39 is 0 Å². The minimum Gasteiger partial charge on any atom is -0.493 e. The molecule has 0 aliphatic carbocycles. The number of carbonyl (C=O) groups excluding carboxylic acids is 1. The molecule has 6 heteroatoms. The molecule has 0 saturated carbocycles. The van der Waals surface area contributed by atoms with Gasteiger partial charge in [-0.25, -0.2) is 4.79 Å². The maximum Gasteiger partial charge on any atom is 0.322 e. The van der Waals surface area contributed by atoms with Gasteiger partial charge in [-0.3, -0.25) is 0 Å². The van der Waals surface area contributed by atoms with Crippen molar-refractivity contribution in [3.63, 3.8) is 0 Å². The van der Waals surface area contributed by atoms with Crippen LogP contribution in [0.25, 0.3) is 0 Å². The zero-order valence-electron chi connectivity index (χ0n) is 18.4. The monoisotopic (exact) mass is 442 g/mol. The normalized spacial score (nSPS) is 10.5. The van der Waals surface area contributed by atoms with Crippen molar-refractivity contribution in [1.29, 1.82) is 0 Å². The number of benzene rings is 3. The Labute approximate surface area is 193 Å². The number of carbonyl (C=O) groups is 1. The van der Waals surface area contributed by atoms with Crippen molar-refractivity contribution in [2.45, 2.75) is 19.7 Å². The number of amides is 2. The van der Waals surface area contributed by atoms with E-state index in [0.717, 1.165) is 16.8 Å². The number of ether oxygens (including phenoxy) is 2. The standard InChI is InChI=1S/C27H26N2O4/c1-31-26-17-22(14-15-25(26)33-20-21-9-4-2-5-10-21)18-29(19-24-13-8-16-32-24)27(30)28-23-11-6-3-7-12-23/h2-17H,18-20H2,1H3,(H,28,30). The van der Waals surface area contributed by atoms with Gasteiger partial charge >= 0.3 is 6.03 Å². The first-order valence-electron chi connectivity index (χ1n) is 10.7. The lowest BCUT2D eigenvalue weighted by molar-refractivity contribution is 0.201. The third-order valence-electron chi connectivity index (χ3n) is 5.08. The van der Waals surface area contributed by atoms with Crippen LogP contribution in [0, 0.1) is 0 Å². The molecule has 0 bridgehead atoms. The summed E-state index contributed by atoms with van der Waals surface area (Å²) in [7, 11) is 1.61. The third-order valence-corrected chi connectivity index (χ3v) is 5.08. The zero-order chi connectivity index (χ0) is 22.9. The Balaban J connectivity index is 1.49. The second-order valence-electron chi connectivity index (χ2n) is 7.49. The van der Waals surface area contributed by atoms with Crippen LogP contribution in [-0.4, -0.2) is 18.0 Å². The average molecular weight is 443 g/mol. The summed E-state index contributed by atoms with van der Waals surface area (Å²) in [6.45, 7) is 1.15. The lowest BCUT2D eigenvalue weighted by Gasteiger charge is -2.23. The quantitative estimate of drug-likeness (QED) is 0.340. The van der Waals surface area contributed by atoms with Gasteiger partial charge in [-0.15, -0.1) is 0 Å². The molecule has 6 nitrogen and oxygen atoms in total. The van der Waals surface area contributed by atoms with Gasteiger partial charge in [-0.2, -0.15) is 0 Å². The number of furan rings is 1. The fourth-order valence-electron chi connectivity index (χ4n) is 3.40. The highest BCUT2D eigenvalue weighted by molar-refractivity contribution is 5.89. The molecular formula is C27H26N2O4. The summed E-state index contributed by atoms with van der Waals surface area (Å²) in [5.74, 6) is 1.97. The van der Waals surface area contributed by atoms with Crippen LogP contribution in [0.1, 0.15) is 16.9 Å². The number of hydrogen-bond donors (Lipinski definition) is 1. The predicted octanol–water partition coefficient (Wildman–Crippen LogP) is 6.10. The maximum absolute atomic E-state index is 13.0. The second-order valence-corrected chi connectivity index (χ2v) is 7.49. The van der Waals surface area contributed by atoms with Gasteiger partial charge in [-0.1, -0.05) is 54.6 Å². The fourth-order valence-corrected chi connectivity index (χ4v) is 3.40. The Morgan fingerprint density at radius 2 is 1.61 bits per heavy atom. The topological polar surface area (TPSA) is 63.9 Å². The van der Waals surface area contributed by atoms with Crippen LogP contribution >= 0.6 is 0 Å². The molecule has 1 heterocycles. The van der Waals surface area contributed by atoms with Crippen molar-refractivity contribution in [1.82, 2.24) is 4.90 Å². The Hall–Kier alpha value is -4.19. The molecule has 33 heavy (non-hydrogen) atoms. The van der Waals surface area contributed by atoms with Crippen molar-refractivity contribution in [3.05, 3.63) is 114 Å². The van der Waals surface area contributed by atoms with E-state index in [1.807, 2.05) is 91.0 Å². The molecule has 0 atom stereocenters. The number of urea groups is 1. The molecule has 0 aliphatic heterocycles. The summed E-state index contributed by atoms with van der Waals surface area (Å²) < 4.78 is 17.0. The van der Waals surface area contributed by atoms with Crippen LogP contribution in [0.15, 0.2) is 102 Å². The van der Waals surface area contributed by atoms with E-state index in [2.05, 4.69) is 5.32 Å². The van der Waals surface area contributed by atoms with E-state index in [1.165, 1.54) is 0 Å². The van der Waals surface area contributed by atoms with Crippen molar-refractivity contribution in [3.8, 4) is 11.5 Å². The minimum absolute atomic E-state index is 0.221. The number of nitrogens with one attached hydrogen (secondary N) is 1. The molecule has 1 aromatic heterocycles. The first-order valence-corrected chi connectivity index (χ1v) is 10.7. The highest BCUT2D eigenvalue weighted by Gasteiger charge is 2.17. The molecule has 0 unspecified atom stereocenters. The van der Waals surface area contributed by atoms with Crippen LogP contribution < -0.4 is 14.8 Å². The van der Waals surface area contributed by atoms with Crippen molar-refractivity contribution < 1.29 is 18.7 Å². The summed E-state index contributed by atoms with van der Waals surface area (Å²) >= 11 is 0. The highest BCUT2D eigenvalue weighted by atomic mass is 16.5. The van der Waals surface area contributed by atoms with Crippen molar-refractivity contribution >= 4 is 11.7 Å². The number of hydrogen-bond acceptors (Lipinski definition) is 4. The molecule has 0 fully saturated rings. The van der Waals surface area contributed by atoms with Gasteiger partial charge in [0, 0.05) is 12.2 Å². The molecule has 2 amide bonds. The van der Waals surface area contributed by atoms with Crippen LogP contribution in [0.5, 0.6) is 11.5 Å². The Morgan fingerprint density at radius 3 is 2.30 bits per heavy atom. The summed E-state index contributed by atoms with van der Waals surface area (Å²) in [6.07, 6.45) is 1.60. The number of nitrogens with zero attached hydrogens (tertiary/aromatic N) is 1. The highest BCUT2D eigenvalue weighted by Crippen LogP contribution is 2.29. The molecule has 4 rings (SSSR count). The van der Waals surface area contributed by atoms with Gasteiger partial charge in [0.25, 0.3) is 0 Å². The number of methoxy groups -OCH3 is 1. The number of rotatable bonds is 9. The second kappa shape index (κ2) is 10.9. The van der Waals surface area contributed by atoms with Gasteiger partial charge in [0.15, 0.2) is 11.5 Å². The summed E-state index contributed by atoms with van der Waals surface area (Å²) in [4.78, 5) is 14.7. The van der Waals surface area contributed by atoms with Gasteiger partial charge in [0.2, 0.25) is 0 Å². The lowest BCUT2D eigenvalue weighted by Crippen LogP contribution is -2.34. The molecule has 0 radical (unpaired) electrons. The molecular weight excluding hydrogens is 416 g/mol. The number of anilines is 1. The van der Waals surface area contributed by atoms with Gasteiger partial charge < -0.3 is 24.1 Å². The third kappa shape index (κ3) is 6.17. The average Bonchev–Trinajstić information content (AvgIpc) is 3.37. The molecule has 0 aliphatic rings. The Kier molecular flexibility index (Phi) is 7.28. The minimum atomic E-state index is -0.221. The molecule has 0 saturated heterocycles. The van der Waals surface area contributed by atoms with E-state index in [0.29, 0.717) is 37.0 Å². The fraction of sp³-hybridized carbons (Fsp3) is 0.148. The lowest BCUT2D eigenvalue weighted by atomic mass is 10.2. The summed E-state index contributed by atoms with van der Waals surface area (Å²) in [6, 6.07) is 28.5. The maximum atomic E-state index is 13.0. The van der Waals surface area contributed by atoms with E-state index in [4.69, 9.17) is 13.9 Å². The van der Waals surface area contributed by atoms with Crippen LogP contribution in [0.4, 0.5) is 10.5 Å². The first-order chi connectivity index (χ1) is 16.2. The summed E-state index contributed by atoms with van der Waals surface area (Å²) in [5, 5.41) is 2.94. The first kappa shape index (κ1) is 22.0. The Morgan fingerprint density at radius 1 is 0.848 bits per heavy atom. The Bertz CT molecular complexity index is 1150. The van der Waals surface area contributed by atoms with Gasteiger partial charge in [0.05, 0.1) is 19.9 Å². The smallest absolute Gasteiger partial charge is 0.322 e. The SMILES string of the molecule is COc1cc(CN(Cc2ccco2)C(=O)Nc2ccccc2)ccc1OCc1ccccc1. The predicted molar refractivity (Wildman–Crippen MR) is 127 cm³/mol. The van der Waals surface area contributed by atoms with E-state index >= 15 is 0 Å². The zero-order valence-corrected chi connectivity index (χ0v) is 18.4. The van der Waals surface area contributed by atoms with E-state index in [-0.39, 0.29) is 6.03 Å². The summed E-state index contributed by atoms with van der Waals surface area (Å²) in [5.41, 5.74) is 2.72. The van der Waals surface area contributed by atoms with E-state index in [1.54, 1.807) is 18.3 Å². The molecule has 0 spiro atoms. The molecule has 3 aromatic carbocycles. The molecule has 4 aromatic rings. The largest absolute Gasteiger partial charge is 0.493 e. The molecule has 168 valence electrons. The van der Waals surface area contributed by atoms with Gasteiger partial charge in [0.1, 0.15) is 12.4 Å². The van der Waals surface area contributed by atoms with Crippen molar-refractivity contribution in [2.75, 3.05) is 12.4 Å². The number of para-hydroxylation sites is 1. The van der Waals surface area contributed by atoms with Crippen LogP contribution in [-0.2, 0) is 19.7 Å². The van der Waals surface area contributed by atoms with Crippen molar-refractivity contribution in [2.24, 2.45) is 0 Å². The molecule has 1 N–H and O–H groups in total. The van der Waals surface area contributed by atoms with Crippen LogP contribution in [0.2, 0.25) is 0 Å². The van der Waals surface area contributed by atoms with Gasteiger partial charge in [-0.05, 0) is 47.5 Å².